The highest BCUT2D eigenvalue weighted by atomic mass is 35.5. The number of methoxy groups -OCH3 is 1. The van der Waals surface area contributed by atoms with Crippen LogP contribution in [-0.2, 0) is 6.54 Å². The summed E-state index contributed by atoms with van der Waals surface area (Å²) in [6.07, 6.45) is 0. The monoisotopic (exact) mass is 257 g/mol. The van der Waals surface area contributed by atoms with Gasteiger partial charge in [0.25, 0.3) is 0 Å². The molecule has 2 unspecified atom stereocenters. The van der Waals surface area contributed by atoms with Crippen molar-refractivity contribution in [1.82, 2.24) is 5.32 Å². The fourth-order valence-corrected chi connectivity index (χ4v) is 1.74. The molecule has 0 saturated carbocycles. The SMILES string of the molecule is COc1ccc(CNC(C)C(C)CO)cc1Cl. The van der Waals surface area contributed by atoms with Gasteiger partial charge in [-0.15, -0.1) is 0 Å². The van der Waals surface area contributed by atoms with E-state index in [9.17, 15) is 0 Å². The average Bonchev–Trinajstić information content (AvgIpc) is 2.35. The van der Waals surface area contributed by atoms with Gasteiger partial charge in [0.15, 0.2) is 0 Å². The summed E-state index contributed by atoms with van der Waals surface area (Å²) in [5, 5.41) is 13.0. The normalized spacial score (nSPS) is 14.4. The molecule has 0 heterocycles. The van der Waals surface area contributed by atoms with E-state index in [0.29, 0.717) is 10.8 Å². The summed E-state index contributed by atoms with van der Waals surface area (Å²) in [4.78, 5) is 0. The zero-order valence-corrected chi connectivity index (χ0v) is 11.3. The number of ether oxygens (including phenoxy) is 1. The molecule has 2 atom stereocenters. The molecule has 3 nitrogen and oxygen atoms in total. The van der Waals surface area contributed by atoms with Crippen LogP contribution in [0.3, 0.4) is 0 Å². The minimum atomic E-state index is 0.192. The number of nitrogens with one attached hydrogen (secondary N) is 1. The third kappa shape index (κ3) is 4.19. The van der Waals surface area contributed by atoms with Crippen LogP contribution in [0.25, 0.3) is 0 Å². The molecule has 4 heteroatoms. The van der Waals surface area contributed by atoms with Gasteiger partial charge in [-0.1, -0.05) is 24.6 Å². The lowest BCUT2D eigenvalue weighted by atomic mass is 10.0. The Morgan fingerprint density at radius 3 is 2.65 bits per heavy atom. The summed E-state index contributed by atoms with van der Waals surface area (Å²) in [6.45, 7) is 5.00. The van der Waals surface area contributed by atoms with Gasteiger partial charge in [0.1, 0.15) is 5.75 Å². The van der Waals surface area contributed by atoms with Crippen molar-refractivity contribution in [1.29, 1.82) is 0 Å². The molecule has 2 N–H and O–H groups in total. The average molecular weight is 258 g/mol. The molecular formula is C13H20ClNO2. The fourth-order valence-electron chi connectivity index (χ4n) is 1.46. The molecule has 0 aliphatic carbocycles. The lowest BCUT2D eigenvalue weighted by Gasteiger charge is -2.19. The molecule has 17 heavy (non-hydrogen) atoms. The van der Waals surface area contributed by atoms with E-state index in [2.05, 4.69) is 12.2 Å². The Labute approximate surface area is 108 Å². The summed E-state index contributed by atoms with van der Waals surface area (Å²) in [5.41, 5.74) is 1.10. The summed E-state index contributed by atoms with van der Waals surface area (Å²) in [5.74, 6) is 0.927. The van der Waals surface area contributed by atoms with Gasteiger partial charge in [-0.25, -0.2) is 0 Å². The van der Waals surface area contributed by atoms with E-state index in [1.54, 1.807) is 7.11 Å². The highest BCUT2D eigenvalue weighted by Gasteiger charge is 2.10. The summed E-state index contributed by atoms with van der Waals surface area (Å²) < 4.78 is 5.10. The van der Waals surface area contributed by atoms with Gasteiger partial charge < -0.3 is 15.2 Å². The van der Waals surface area contributed by atoms with Crippen molar-refractivity contribution in [3.63, 3.8) is 0 Å². The van der Waals surface area contributed by atoms with Crippen LogP contribution in [-0.4, -0.2) is 24.9 Å². The lowest BCUT2D eigenvalue weighted by molar-refractivity contribution is 0.207. The van der Waals surface area contributed by atoms with Crippen molar-refractivity contribution >= 4 is 11.6 Å². The summed E-state index contributed by atoms with van der Waals surface area (Å²) >= 11 is 6.04. The molecule has 1 rings (SSSR count). The number of aliphatic hydroxyl groups excluding tert-OH is 1. The number of halogens is 1. The smallest absolute Gasteiger partial charge is 0.137 e. The van der Waals surface area contributed by atoms with Gasteiger partial charge in [-0.2, -0.15) is 0 Å². The summed E-state index contributed by atoms with van der Waals surface area (Å²) in [6, 6.07) is 6.00. The molecular weight excluding hydrogens is 238 g/mol. The maximum atomic E-state index is 9.04. The predicted octanol–water partition coefficient (Wildman–Crippen LogP) is 2.46. The van der Waals surface area contributed by atoms with Gasteiger partial charge in [-0.05, 0) is 30.5 Å². The quantitative estimate of drug-likeness (QED) is 0.823. The van der Waals surface area contributed by atoms with Crippen molar-refractivity contribution in [2.75, 3.05) is 13.7 Å². The van der Waals surface area contributed by atoms with Gasteiger partial charge in [-0.3, -0.25) is 0 Å². The first-order valence-corrected chi connectivity index (χ1v) is 6.13. The molecule has 0 fully saturated rings. The van der Waals surface area contributed by atoms with Crippen LogP contribution >= 0.6 is 11.6 Å². The van der Waals surface area contributed by atoms with Gasteiger partial charge in [0.2, 0.25) is 0 Å². The molecule has 96 valence electrons. The number of rotatable bonds is 6. The number of aliphatic hydroxyl groups is 1. The van der Waals surface area contributed by atoms with Crippen molar-refractivity contribution in [2.24, 2.45) is 5.92 Å². The topological polar surface area (TPSA) is 41.5 Å². The Hall–Kier alpha value is -0.770. The minimum absolute atomic E-state index is 0.192. The van der Waals surface area contributed by atoms with Gasteiger partial charge in [0.05, 0.1) is 12.1 Å². The second-order valence-corrected chi connectivity index (χ2v) is 4.71. The Bertz CT molecular complexity index is 357. The van der Waals surface area contributed by atoms with Crippen LogP contribution in [0.2, 0.25) is 5.02 Å². The molecule has 0 aromatic heterocycles. The Morgan fingerprint density at radius 1 is 1.41 bits per heavy atom. The Balaban J connectivity index is 2.55. The second kappa shape index (κ2) is 6.84. The van der Waals surface area contributed by atoms with E-state index in [1.165, 1.54) is 0 Å². The molecule has 0 spiro atoms. The van der Waals surface area contributed by atoms with Crippen molar-refractivity contribution < 1.29 is 9.84 Å². The fraction of sp³-hybridized carbons (Fsp3) is 0.538. The zero-order valence-electron chi connectivity index (χ0n) is 10.5. The van der Waals surface area contributed by atoms with Crippen LogP contribution in [0.15, 0.2) is 18.2 Å². The largest absolute Gasteiger partial charge is 0.495 e. The molecule has 0 amide bonds. The maximum absolute atomic E-state index is 9.04. The van der Waals surface area contributed by atoms with Gasteiger partial charge in [0, 0.05) is 19.2 Å². The number of benzene rings is 1. The second-order valence-electron chi connectivity index (χ2n) is 4.30. The lowest BCUT2D eigenvalue weighted by Crippen LogP contribution is -2.33. The first kappa shape index (κ1) is 14.3. The molecule has 0 aliphatic heterocycles. The van der Waals surface area contributed by atoms with Crippen LogP contribution in [0.1, 0.15) is 19.4 Å². The van der Waals surface area contributed by atoms with E-state index in [4.69, 9.17) is 21.4 Å². The van der Waals surface area contributed by atoms with Crippen molar-refractivity contribution in [2.45, 2.75) is 26.4 Å². The molecule has 0 saturated heterocycles. The molecule has 1 aromatic rings. The minimum Gasteiger partial charge on any atom is -0.495 e. The van der Waals surface area contributed by atoms with Crippen molar-refractivity contribution in [3.8, 4) is 5.75 Å². The van der Waals surface area contributed by atoms with Crippen molar-refractivity contribution in [3.05, 3.63) is 28.8 Å². The van der Waals surface area contributed by atoms with Crippen LogP contribution in [0.4, 0.5) is 0 Å². The summed E-state index contributed by atoms with van der Waals surface area (Å²) in [7, 11) is 1.60. The zero-order chi connectivity index (χ0) is 12.8. The molecule has 0 aliphatic rings. The third-order valence-electron chi connectivity index (χ3n) is 2.99. The first-order chi connectivity index (χ1) is 8.08. The van der Waals surface area contributed by atoms with Crippen LogP contribution < -0.4 is 10.1 Å². The standard InChI is InChI=1S/C13H20ClNO2/c1-9(8-16)10(2)15-7-11-4-5-13(17-3)12(14)6-11/h4-6,9-10,15-16H,7-8H2,1-3H3. The van der Waals surface area contributed by atoms with Crippen LogP contribution in [0.5, 0.6) is 5.75 Å². The molecule has 0 radical (unpaired) electrons. The highest BCUT2D eigenvalue weighted by molar-refractivity contribution is 6.32. The Kier molecular flexibility index (Phi) is 5.75. The van der Waals surface area contributed by atoms with E-state index < -0.39 is 0 Å². The van der Waals surface area contributed by atoms with Crippen LogP contribution in [0, 0.1) is 5.92 Å². The van der Waals surface area contributed by atoms with E-state index in [1.807, 2.05) is 25.1 Å². The highest BCUT2D eigenvalue weighted by Crippen LogP contribution is 2.24. The van der Waals surface area contributed by atoms with Gasteiger partial charge >= 0.3 is 0 Å². The predicted molar refractivity (Wildman–Crippen MR) is 70.6 cm³/mol. The maximum Gasteiger partial charge on any atom is 0.137 e. The molecule has 0 bridgehead atoms. The van der Waals surface area contributed by atoms with E-state index in [0.717, 1.165) is 12.1 Å². The molecule has 1 aromatic carbocycles. The van der Waals surface area contributed by atoms with E-state index >= 15 is 0 Å². The third-order valence-corrected chi connectivity index (χ3v) is 3.28. The number of hydrogen-bond acceptors (Lipinski definition) is 3. The Morgan fingerprint density at radius 2 is 2.12 bits per heavy atom. The number of hydrogen-bond donors (Lipinski definition) is 2. The van der Waals surface area contributed by atoms with E-state index in [-0.39, 0.29) is 18.6 Å². The first-order valence-electron chi connectivity index (χ1n) is 5.75.